The third-order valence-corrected chi connectivity index (χ3v) is 11.2. The van der Waals surface area contributed by atoms with Gasteiger partial charge < -0.3 is 4.42 Å². The summed E-state index contributed by atoms with van der Waals surface area (Å²) >= 11 is 0. The van der Waals surface area contributed by atoms with Gasteiger partial charge in [-0.25, -0.2) is 0 Å². The van der Waals surface area contributed by atoms with Crippen molar-refractivity contribution < 1.29 is 4.42 Å². The second kappa shape index (κ2) is 12.7. The Bertz CT molecular complexity index is 3230. The van der Waals surface area contributed by atoms with Crippen LogP contribution in [0.5, 0.6) is 0 Å². The van der Waals surface area contributed by atoms with E-state index in [0.29, 0.717) is 0 Å². The molecule has 0 aliphatic carbocycles. The Labute approximate surface area is 319 Å². The lowest BCUT2D eigenvalue weighted by molar-refractivity contribution is 0.670. The molecule has 1 nitrogen and oxygen atoms in total. The molecule has 256 valence electrons. The predicted octanol–water partition coefficient (Wildman–Crippen LogP) is 15.4. The molecule has 0 saturated heterocycles. The van der Waals surface area contributed by atoms with Crippen LogP contribution in [0.4, 0.5) is 0 Å². The zero-order chi connectivity index (χ0) is 36.3. The van der Waals surface area contributed by atoms with Gasteiger partial charge in [0.1, 0.15) is 11.2 Å². The fourth-order valence-corrected chi connectivity index (χ4v) is 8.71. The van der Waals surface area contributed by atoms with Crippen molar-refractivity contribution >= 4 is 54.3 Å². The SMILES string of the molecule is c1ccc(-c2c3ccc(-c4ccc5ccccc5c4)cc3c(-c3ccccc3)c3cc(-c4cccc5c4oc4cccc(-c6ccccc6)c45)ccc23)cc1. The van der Waals surface area contributed by atoms with Gasteiger partial charge in [-0.2, -0.15) is 0 Å². The number of para-hydroxylation sites is 1. The van der Waals surface area contributed by atoms with Gasteiger partial charge in [-0.05, 0) is 107 Å². The molecule has 11 rings (SSSR count). The highest BCUT2D eigenvalue weighted by Gasteiger charge is 2.20. The average Bonchev–Trinajstić information content (AvgIpc) is 3.65. The first-order valence-corrected chi connectivity index (χ1v) is 18.9. The highest BCUT2D eigenvalue weighted by molar-refractivity contribution is 6.23. The fourth-order valence-electron chi connectivity index (χ4n) is 8.71. The summed E-state index contributed by atoms with van der Waals surface area (Å²) < 4.78 is 6.79. The molecule has 0 amide bonds. The van der Waals surface area contributed by atoms with Crippen LogP contribution in [-0.2, 0) is 0 Å². The van der Waals surface area contributed by atoms with Crippen molar-refractivity contribution in [3.05, 3.63) is 206 Å². The Balaban J connectivity index is 1.21. The zero-order valence-corrected chi connectivity index (χ0v) is 30.0. The second-order valence-electron chi connectivity index (χ2n) is 14.4. The molecule has 0 atom stereocenters. The van der Waals surface area contributed by atoms with Crippen molar-refractivity contribution in [2.24, 2.45) is 0 Å². The van der Waals surface area contributed by atoms with Gasteiger partial charge in [-0.3, -0.25) is 0 Å². The predicted molar refractivity (Wildman–Crippen MR) is 233 cm³/mol. The van der Waals surface area contributed by atoms with E-state index in [1.807, 2.05) is 0 Å². The highest BCUT2D eigenvalue weighted by Crippen LogP contribution is 2.47. The minimum absolute atomic E-state index is 0.896. The van der Waals surface area contributed by atoms with Crippen LogP contribution in [0.3, 0.4) is 0 Å². The van der Waals surface area contributed by atoms with Crippen molar-refractivity contribution in [3.8, 4) is 55.6 Å². The Hall–Kier alpha value is -7.22. The van der Waals surface area contributed by atoms with Crippen LogP contribution >= 0.6 is 0 Å². The molecule has 0 spiro atoms. The van der Waals surface area contributed by atoms with Crippen molar-refractivity contribution in [2.75, 3.05) is 0 Å². The third kappa shape index (κ3) is 5.16. The van der Waals surface area contributed by atoms with Crippen molar-refractivity contribution in [2.45, 2.75) is 0 Å². The molecule has 0 radical (unpaired) electrons. The minimum Gasteiger partial charge on any atom is -0.455 e. The molecule has 0 unspecified atom stereocenters. The van der Waals surface area contributed by atoms with E-state index >= 15 is 0 Å². The smallest absolute Gasteiger partial charge is 0.143 e. The topological polar surface area (TPSA) is 13.1 Å². The van der Waals surface area contributed by atoms with E-state index in [9.17, 15) is 0 Å². The Morgan fingerprint density at radius 2 is 0.800 bits per heavy atom. The first kappa shape index (κ1) is 31.3. The lowest BCUT2D eigenvalue weighted by Crippen LogP contribution is -1.92. The minimum atomic E-state index is 0.896. The molecule has 1 heterocycles. The monoisotopic (exact) mass is 698 g/mol. The van der Waals surface area contributed by atoms with Crippen molar-refractivity contribution in [1.82, 2.24) is 0 Å². The first-order valence-electron chi connectivity index (χ1n) is 18.9. The summed E-state index contributed by atoms with van der Waals surface area (Å²) in [6, 6.07) is 74.7. The molecule has 0 aliphatic heterocycles. The van der Waals surface area contributed by atoms with Gasteiger partial charge in [-0.15, -0.1) is 0 Å². The molecule has 55 heavy (non-hydrogen) atoms. The van der Waals surface area contributed by atoms with Crippen LogP contribution in [0.15, 0.2) is 211 Å². The van der Waals surface area contributed by atoms with Crippen LogP contribution < -0.4 is 0 Å². The van der Waals surface area contributed by atoms with Gasteiger partial charge in [0.05, 0.1) is 0 Å². The van der Waals surface area contributed by atoms with Crippen LogP contribution in [0.1, 0.15) is 0 Å². The Morgan fingerprint density at radius 3 is 1.51 bits per heavy atom. The molecular weight excluding hydrogens is 665 g/mol. The number of rotatable bonds is 5. The molecule has 11 aromatic rings. The maximum atomic E-state index is 6.79. The first-order chi connectivity index (χ1) is 27.3. The van der Waals surface area contributed by atoms with E-state index in [2.05, 4.69) is 206 Å². The molecule has 0 N–H and O–H groups in total. The van der Waals surface area contributed by atoms with E-state index in [1.54, 1.807) is 0 Å². The summed E-state index contributed by atoms with van der Waals surface area (Å²) in [7, 11) is 0. The van der Waals surface area contributed by atoms with E-state index in [4.69, 9.17) is 4.42 Å². The largest absolute Gasteiger partial charge is 0.455 e. The van der Waals surface area contributed by atoms with Gasteiger partial charge in [0.25, 0.3) is 0 Å². The molecule has 0 fully saturated rings. The Kier molecular flexibility index (Phi) is 7.25. The lowest BCUT2D eigenvalue weighted by Gasteiger charge is -2.20. The van der Waals surface area contributed by atoms with Gasteiger partial charge in [0.15, 0.2) is 0 Å². The number of hydrogen-bond acceptors (Lipinski definition) is 1. The van der Waals surface area contributed by atoms with Crippen molar-refractivity contribution in [3.63, 3.8) is 0 Å². The van der Waals surface area contributed by atoms with Crippen LogP contribution in [0.2, 0.25) is 0 Å². The molecule has 1 heteroatoms. The standard InChI is InChI=1S/C54H34O/c1-4-15-36(16-5-1)43-22-13-25-50-53(43)47-24-12-23-44(54(47)55-50)42-29-31-46-49(34-42)52(38-19-8-3-9-20-38)48-33-41(40-27-26-35-14-10-11-21-39(35)32-40)28-30-45(48)51(46)37-17-6-2-7-18-37/h1-34H. The molecule has 10 aromatic carbocycles. The van der Waals surface area contributed by atoms with Gasteiger partial charge in [0.2, 0.25) is 0 Å². The van der Waals surface area contributed by atoms with Gasteiger partial charge >= 0.3 is 0 Å². The normalized spacial score (nSPS) is 11.6. The Morgan fingerprint density at radius 1 is 0.273 bits per heavy atom. The van der Waals surface area contributed by atoms with E-state index in [1.165, 1.54) is 76.8 Å². The number of furan rings is 1. The zero-order valence-electron chi connectivity index (χ0n) is 30.0. The molecule has 0 saturated carbocycles. The molecule has 0 bridgehead atoms. The van der Waals surface area contributed by atoms with E-state index < -0.39 is 0 Å². The summed E-state index contributed by atoms with van der Waals surface area (Å²) in [6.07, 6.45) is 0. The highest BCUT2D eigenvalue weighted by atomic mass is 16.3. The molecular formula is C54H34O. The summed E-state index contributed by atoms with van der Waals surface area (Å²) in [5, 5.41) is 9.67. The van der Waals surface area contributed by atoms with Crippen LogP contribution in [0, 0.1) is 0 Å². The summed E-state index contributed by atoms with van der Waals surface area (Å²) in [6.45, 7) is 0. The fraction of sp³-hybridized carbons (Fsp3) is 0. The summed E-state index contributed by atoms with van der Waals surface area (Å²) in [5.74, 6) is 0. The third-order valence-electron chi connectivity index (χ3n) is 11.2. The van der Waals surface area contributed by atoms with Crippen molar-refractivity contribution in [1.29, 1.82) is 0 Å². The molecule has 0 aliphatic rings. The number of benzene rings is 10. The average molecular weight is 699 g/mol. The quantitative estimate of drug-likeness (QED) is 0.163. The lowest BCUT2D eigenvalue weighted by atomic mass is 9.83. The van der Waals surface area contributed by atoms with Gasteiger partial charge in [-0.1, -0.05) is 182 Å². The van der Waals surface area contributed by atoms with Gasteiger partial charge in [0, 0.05) is 16.3 Å². The number of hydrogen-bond donors (Lipinski definition) is 0. The van der Waals surface area contributed by atoms with Crippen LogP contribution in [-0.4, -0.2) is 0 Å². The number of fused-ring (bicyclic) bond motifs is 6. The van der Waals surface area contributed by atoms with E-state index in [0.717, 1.165) is 33.1 Å². The molecule has 1 aromatic heterocycles. The maximum Gasteiger partial charge on any atom is 0.143 e. The maximum absolute atomic E-state index is 6.79. The summed E-state index contributed by atoms with van der Waals surface area (Å²) in [4.78, 5) is 0. The second-order valence-corrected chi connectivity index (χ2v) is 14.4. The van der Waals surface area contributed by atoms with E-state index in [-0.39, 0.29) is 0 Å². The van der Waals surface area contributed by atoms with Crippen LogP contribution in [0.25, 0.3) is 110 Å². The summed E-state index contributed by atoms with van der Waals surface area (Å²) in [5.41, 5.74) is 13.7.